The summed E-state index contributed by atoms with van der Waals surface area (Å²) in [6.07, 6.45) is 1.30. The van der Waals surface area contributed by atoms with Gasteiger partial charge in [0.2, 0.25) is 0 Å². The molecular weight excluding hydrogens is 616 g/mol. The molecule has 0 radical (unpaired) electrons. The van der Waals surface area contributed by atoms with Crippen molar-refractivity contribution in [1.82, 2.24) is 4.98 Å². The molecule has 45 heavy (non-hydrogen) atoms. The predicted molar refractivity (Wildman–Crippen MR) is 150 cm³/mol. The number of aromatic nitrogens is 1. The number of fused-ring (bicyclic) bond motifs is 1. The molecule has 0 saturated carbocycles. The zero-order valence-corrected chi connectivity index (χ0v) is 29.2. The fourth-order valence-electron chi connectivity index (χ4n) is 2.87. The van der Waals surface area contributed by atoms with E-state index in [4.69, 9.17) is 48.5 Å². The van der Waals surface area contributed by atoms with Crippen molar-refractivity contribution >= 4 is 34.8 Å². The van der Waals surface area contributed by atoms with E-state index in [1.807, 2.05) is 24.3 Å². The van der Waals surface area contributed by atoms with Gasteiger partial charge < -0.3 is 73.3 Å². The summed E-state index contributed by atoms with van der Waals surface area (Å²) in [5.41, 5.74) is 23.0. The van der Waals surface area contributed by atoms with Crippen LogP contribution in [-0.2, 0) is 32.0 Å². The summed E-state index contributed by atoms with van der Waals surface area (Å²) in [6.45, 7) is 0.827. The Morgan fingerprint density at radius 3 is 1.67 bits per heavy atom. The van der Waals surface area contributed by atoms with Gasteiger partial charge in [0.05, 0.1) is 24.6 Å². The van der Waals surface area contributed by atoms with Crippen LogP contribution in [0.15, 0.2) is 54.7 Å². The average molecular weight is 654 g/mol. The molecule has 0 saturated heterocycles. The van der Waals surface area contributed by atoms with Gasteiger partial charge in [0, 0.05) is 29.2 Å². The maximum atomic E-state index is 10.5. The number of aromatic hydroxyl groups is 1. The molecule has 0 spiro atoms. The summed E-state index contributed by atoms with van der Waals surface area (Å²) in [5, 5.41) is 63.2. The maximum Gasteiger partial charge on any atom is 1.00 e. The van der Waals surface area contributed by atoms with Crippen molar-refractivity contribution in [2.75, 3.05) is 6.61 Å². The van der Waals surface area contributed by atoms with Crippen LogP contribution in [0.5, 0.6) is 5.75 Å². The van der Waals surface area contributed by atoms with Gasteiger partial charge >= 0.3 is 71.1 Å². The van der Waals surface area contributed by atoms with Gasteiger partial charge in [-0.05, 0) is 49.1 Å². The minimum Gasteiger partial charge on any atom is -0.548 e. The Bertz CT molecular complexity index is 1310. The Morgan fingerprint density at radius 2 is 1.29 bits per heavy atom. The molecule has 0 amide bonds. The van der Waals surface area contributed by atoms with Crippen LogP contribution in [0.3, 0.4) is 0 Å². The van der Waals surface area contributed by atoms with Crippen molar-refractivity contribution in [3.05, 3.63) is 65.9 Å². The number of carboxylic acids is 4. The van der Waals surface area contributed by atoms with E-state index < -0.39 is 60.8 Å². The normalized spacial score (nSPS) is 13.0. The molecular formula is C27H37N5Na2O11. The van der Waals surface area contributed by atoms with E-state index in [1.165, 1.54) is 19.1 Å². The number of benzene rings is 2. The number of aromatic amines is 1. The summed E-state index contributed by atoms with van der Waals surface area (Å²) in [7, 11) is 0. The number of hydrogen-bond donors (Lipinski definition) is 10. The Labute approximate surface area is 303 Å². The summed E-state index contributed by atoms with van der Waals surface area (Å²) in [4.78, 5) is 43.4. The zero-order chi connectivity index (χ0) is 33.3. The number of carbonyl (C=O) groups is 4. The number of phenols is 1. The number of phenolic OH excluding ortho intramolecular Hbond substituents is 1. The van der Waals surface area contributed by atoms with Gasteiger partial charge in [0.1, 0.15) is 17.8 Å². The van der Waals surface area contributed by atoms with Crippen LogP contribution >= 0.6 is 0 Å². The van der Waals surface area contributed by atoms with E-state index in [-0.39, 0.29) is 77.7 Å². The first-order valence-corrected chi connectivity index (χ1v) is 12.5. The van der Waals surface area contributed by atoms with Crippen LogP contribution in [0.25, 0.3) is 10.9 Å². The first kappa shape index (κ1) is 46.8. The van der Waals surface area contributed by atoms with Crippen LogP contribution in [-0.4, -0.2) is 91.3 Å². The standard InChI is InChI=1S/C11H12N2O2.C9H11NO3.C4H9NO3.C3H7NO3.2Na/c12-9(11(14)15)5-7-6-13-10-4-2-1-3-8(7)10;10-8(9(12)13)5-6-1-3-7(11)4-2-6;1-2(6)3(5)4(7)8;4-2(1-5)3(6)7;;/h1-4,6,9,13H,5,12H2,(H,14,15);1-4,8,11H,5,10H2,(H,12,13);2-3,6H,5H2,1H3,(H,7,8);2,5H,1,4H2,(H,6,7);;/q;;;;2*+1/p-2/t9-;8-;2-,3+;2-;;/m0010../s1. The van der Waals surface area contributed by atoms with Crippen LogP contribution in [0.4, 0.5) is 0 Å². The maximum absolute atomic E-state index is 10.5. The number of rotatable bonds is 10. The second kappa shape index (κ2) is 24.6. The number of nitrogens with two attached hydrogens (primary N) is 4. The first-order chi connectivity index (χ1) is 20.0. The third-order valence-corrected chi connectivity index (χ3v) is 5.43. The SMILES string of the molecule is C[C@@H](O)[C@H](N)C(=O)O.N[C@@H](CO)C(=O)O.N[C@@H](Cc1c[nH]c2ccccc12)C(=O)[O-].N[C@@H](Cc1ccc(O)cc1)C(=O)[O-].[Na+].[Na+]. The predicted octanol–water partition coefficient (Wildman–Crippen LogP) is -10.0. The second-order valence-corrected chi connectivity index (χ2v) is 9.02. The number of aliphatic hydroxyl groups excluding tert-OH is 2. The van der Waals surface area contributed by atoms with Crippen molar-refractivity contribution in [1.29, 1.82) is 0 Å². The number of hydrogen-bond acceptors (Lipinski definition) is 13. The zero-order valence-electron chi connectivity index (χ0n) is 25.2. The fourth-order valence-corrected chi connectivity index (χ4v) is 2.87. The van der Waals surface area contributed by atoms with Crippen LogP contribution < -0.4 is 92.3 Å². The van der Waals surface area contributed by atoms with Gasteiger partial charge in [-0.3, -0.25) is 9.59 Å². The van der Waals surface area contributed by atoms with Gasteiger partial charge in [0.25, 0.3) is 0 Å². The molecule has 0 bridgehead atoms. The summed E-state index contributed by atoms with van der Waals surface area (Å²) in [5.74, 6) is -4.71. The van der Waals surface area contributed by atoms with E-state index in [0.29, 0.717) is 0 Å². The van der Waals surface area contributed by atoms with Gasteiger partial charge in [0.15, 0.2) is 0 Å². The molecule has 1 aromatic heterocycles. The summed E-state index contributed by atoms with van der Waals surface area (Å²) in [6, 6.07) is 9.67. The summed E-state index contributed by atoms with van der Waals surface area (Å²) >= 11 is 0. The van der Waals surface area contributed by atoms with Gasteiger partial charge in [-0.25, -0.2) is 0 Å². The number of aliphatic carboxylic acids is 4. The first-order valence-electron chi connectivity index (χ1n) is 12.5. The van der Waals surface area contributed by atoms with E-state index in [1.54, 1.807) is 18.3 Å². The Hall–Kier alpha value is -2.58. The third kappa shape index (κ3) is 19.5. The van der Waals surface area contributed by atoms with Gasteiger partial charge in [-0.1, -0.05) is 30.3 Å². The average Bonchev–Trinajstić information content (AvgIpc) is 3.36. The molecule has 14 N–H and O–H groups in total. The van der Waals surface area contributed by atoms with E-state index in [2.05, 4.69) is 4.98 Å². The number of carbonyl (C=O) groups excluding carboxylic acids is 2. The van der Waals surface area contributed by atoms with Crippen molar-refractivity contribution in [2.45, 2.75) is 50.0 Å². The molecule has 16 nitrogen and oxygen atoms in total. The van der Waals surface area contributed by atoms with Crippen LogP contribution in [0.2, 0.25) is 0 Å². The Morgan fingerprint density at radius 1 is 0.800 bits per heavy atom. The van der Waals surface area contributed by atoms with Crippen LogP contribution in [0.1, 0.15) is 18.1 Å². The third-order valence-electron chi connectivity index (χ3n) is 5.43. The Balaban J connectivity index is -0.000000540. The van der Waals surface area contributed by atoms with Crippen molar-refractivity contribution in [3.63, 3.8) is 0 Å². The number of H-pyrrole nitrogens is 1. The fraction of sp³-hybridized carbons (Fsp3) is 0.333. The number of carboxylic acid groups (broad SMARTS) is 4. The topological polar surface area (TPSA) is 335 Å². The minimum atomic E-state index is -1.27. The van der Waals surface area contributed by atoms with Gasteiger partial charge in [-0.2, -0.15) is 0 Å². The molecule has 0 aliphatic rings. The molecule has 5 atom stereocenters. The van der Waals surface area contributed by atoms with E-state index in [0.717, 1.165) is 22.0 Å². The van der Waals surface area contributed by atoms with Crippen molar-refractivity contribution < 1.29 is 114 Å². The Kier molecular flexibility index (Phi) is 25.6. The smallest absolute Gasteiger partial charge is 0.548 e. The van der Waals surface area contributed by atoms with E-state index in [9.17, 15) is 29.4 Å². The summed E-state index contributed by atoms with van der Waals surface area (Å²) < 4.78 is 0. The van der Waals surface area contributed by atoms with Crippen molar-refractivity contribution in [3.8, 4) is 5.75 Å². The molecule has 1 heterocycles. The van der Waals surface area contributed by atoms with Crippen LogP contribution in [0, 0.1) is 0 Å². The molecule has 0 fully saturated rings. The molecule has 238 valence electrons. The number of nitrogens with one attached hydrogen (secondary N) is 1. The molecule has 0 aliphatic heterocycles. The molecule has 0 aliphatic carbocycles. The molecule has 3 aromatic rings. The monoisotopic (exact) mass is 653 g/mol. The quantitative estimate of drug-likeness (QED) is 0.0908. The minimum absolute atomic E-state index is 0. The van der Waals surface area contributed by atoms with Crippen molar-refractivity contribution in [2.24, 2.45) is 22.9 Å². The number of para-hydroxylation sites is 1. The molecule has 2 aromatic carbocycles. The number of aliphatic hydroxyl groups is 2. The van der Waals surface area contributed by atoms with E-state index >= 15 is 0 Å². The molecule has 18 heteroatoms. The molecule has 0 unspecified atom stereocenters. The van der Waals surface area contributed by atoms with Gasteiger partial charge in [-0.15, -0.1) is 0 Å². The molecule has 3 rings (SSSR count). The largest absolute Gasteiger partial charge is 1.00 e. The second-order valence-electron chi connectivity index (χ2n) is 9.02.